The summed E-state index contributed by atoms with van der Waals surface area (Å²) in [5, 5.41) is 2.08. The lowest BCUT2D eigenvalue weighted by Gasteiger charge is -2.25. The minimum Gasteiger partial charge on any atom is -0.404 e. The largest absolute Gasteiger partial charge is 0.404 e. The molecule has 1 aliphatic rings. The van der Waals surface area contributed by atoms with Crippen molar-refractivity contribution in [3.05, 3.63) is 26.0 Å². The molecule has 5 heteroatoms. The zero-order valence-corrected chi connectivity index (χ0v) is 11.4. The summed E-state index contributed by atoms with van der Waals surface area (Å²) in [6.45, 7) is 8.22. The summed E-state index contributed by atoms with van der Waals surface area (Å²) >= 11 is 3.26. The normalized spacial score (nSPS) is 20.0. The molecule has 0 aromatic carbocycles. The summed E-state index contributed by atoms with van der Waals surface area (Å²) in [6.07, 6.45) is 0. The van der Waals surface area contributed by atoms with Crippen molar-refractivity contribution in [2.24, 2.45) is 0 Å². The molecule has 1 atom stereocenters. The van der Waals surface area contributed by atoms with E-state index in [1.807, 2.05) is 6.92 Å². The fraction of sp³-hybridized carbons (Fsp3) is 0.545. The fourth-order valence-electron chi connectivity index (χ4n) is 2.15. The first-order valence-electron chi connectivity index (χ1n) is 5.31. The lowest BCUT2D eigenvalue weighted by Crippen LogP contribution is -2.33. The van der Waals surface area contributed by atoms with Gasteiger partial charge >= 0.3 is 5.63 Å². The van der Waals surface area contributed by atoms with E-state index >= 15 is 0 Å². The predicted octanol–water partition coefficient (Wildman–Crippen LogP) is 2.82. The van der Waals surface area contributed by atoms with E-state index in [0.717, 1.165) is 11.1 Å². The van der Waals surface area contributed by atoms with E-state index in [9.17, 15) is 4.79 Å². The van der Waals surface area contributed by atoms with Crippen LogP contribution in [0.3, 0.4) is 0 Å². The summed E-state index contributed by atoms with van der Waals surface area (Å²) in [4.78, 5) is 11.5. The van der Waals surface area contributed by atoms with Gasteiger partial charge in [0.2, 0.25) is 5.88 Å². The monoisotopic (exact) mass is 286 g/mol. The average Bonchev–Trinajstić information content (AvgIpc) is 2.52. The van der Waals surface area contributed by atoms with Gasteiger partial charge in [-0.15, -0.1) is 0 Å². The van der Waals surface area contributed by atoms with Crippen LogP contribution in [0.5, 0.6) is 0 Å². The maximum atomic E-state index is 11.5. The Morgan fingerprint density at radius 2 is 2.12 bits per heavy atom. The number of rotatable bonds is 1. The molecule has 1 N–H and O–H groups in total. The van der Waals surface area contributed by atoms with Crippen molar-refractivity contribution in [2.75, 3.05) is 5.43 Å². The first-order chi connectivity index (χ1) is 7.43. The minimum absolute atomic E-state index is 0.204. The van der Waals surface area contributed by atoms with Crippen LogP contribution in [0.15, 0.2) is 13.7 Å². The van der Waals surface area contributed by atoms with Crippen LogP contribution in [0.25, 0.3) is 0 Å². The van der Waals surface area contributed by atoms with Crippen molar-refractivity contribution in [3.63, 3.8) is 0 Å². The molecule has 1 aromatic rings. The second kappa shape index (κ2) is 3.89. The Balaban J connectivity index is 2.57. The van der Waals surface area contributed by atoms with Crippen LogP contribution in [0.2, 0.25) is 0 Å². The molecule has 2 heterocycles. The van der Waals surface area contributed by atoms with Crippen molar-refractivity contribution in [1.29, 1.82) is 0 Å². The predicted molar refractivity (Wildman–Crippen MR) is 66.4 cm³/mol. The van der Waals surface area contributed by atoms with Crippen LogP contribution < -0.4 is 11.1 Å². The number of nitrogens with one attached hydrogen (secondary N) is 1. The van der Waals surface area contributed by atoms with Crippen LogP contribution in [-0.4, -0.2) is 11.1 Å². The van der Waals surface area contributed by atoms with Gasteiger partial charge in [0.15, 0.2) is 0 Å². The van der Waals surface area contributed by atoms with Crippen molar-refractivity contribution < 1.29 is 4.42 Å². The highest BCUT2D eigenvalue weighted by Gasteiger charge is 2.33. The van der Waals surface area contributed by atoms with Gasteiger partial charge in [-0.3, -0.25) is 5.43 Å². The first-order valence-corrected chi connectivity index (χ1v) is 6.11. The van der Waals surface area contributed by atoms with Gasteiger partial charge in [0.1, 0.15) is 4.47 Å². The Bertz CT molecular complexity index is 482. The van der Waals surface area contributed by atoms with E-state index in [0.29, 0.717) is 16.4 Å². The molecular formula is C11H15BrN2O2. The maximum Gasteiger partial charge on any atom is 0.352 e. The molecule has 0 spiro atoms. The molecule has 16 heavy (non-hydrogen) atoms. The third-order valence-corrected chi connectivity index (χ3v) is 3.89. The zero-order valence-electron chi connectivity index (χ0n) is 9.80. The minimum atomic E-state index is -0.332. The summed E-state index contributed by atoms with van der Waals surface area (Å²) in [5.74, 6) is 0.576. The Labute approximate surface area is 103 Å². The molecule has 88 valence electrons. The van der Waals surface area contributed by atoms with Gasteiger partial charge in [0.25, 0.3) is 0 Å². The van der Waals surface area contributed by atoms with Gasteiger partial charge in [-0.2, -0.15) is 0 Å². The molecule has 2 rings (SSSR count). The van der Waals surface area contributed by atoms with Gasteiger partial charge < -0.3 is 4.42 Å². The highest BCUT2D eigenvalue weighted by Crippen LogP contribution is 2.38. The van der Waals surface area contributed by atoms with Crippen LogP contribution in [0.4, 0.5) is 5.88 Å². The molecular weight excluding hydrogens is 272 g/mol. The second-order valence-corrected chi connectivity index (χ2v) is 5.15. The highest BCUT2D eigenvalue weighted by molar-refractivity contribution is 9.10. The van der Waals surface area contributed by atoms with Crippen molar-refractivity contribution in [3.8, 4) is 0 Å². The standard InChI is InChI=1S/C11H15BrN2O2/c1-5(2)14-7(4)8-6(3)9(12)11(15)16-10(8)13-14/h5,7,13H,1-4H3. The summed E-state index contributed by atoms with van der Waals surface area (Å²) in [7, 11) is 0. The van der Waals surface area contributed by atoms with Crippen LogP contribution in [-0.2, 0) is 0 Å². The summed E-state index contributed by atoms with van der Waals surface area (Å²) < 4.78 is 5.75. The van der Waals surface area contributed by atoms with Gasteiger partial charge in [0.05, 0.1) is 6.04 Å². The van der Waals surface area contributed by atoms with Crippen molar-refractivity contribution >= 4 is 21.8 Å². The van der Waals surface area contributed by atoms with Crippen molar-refractivity contribution in [1.82, 2.24) is 5.01 Å². The third-order valence-electron chi connectivity index (χ3n) is 2.97. The number of anilines is 1. The van der Waals surface area contributed by atoms with Crippen molar-refractivity contribution in [2.45, 2.75) is 39.8 Å². The molecule has 0 bridgehead atoms. The average molecular weight is 287 g/mol. The smallest absolute Gasteiger partial charge is 0.352 e. The van der Waals surface area contributed by atoms with Gasteiger partial charge in [-0.05, 0) is 49.2 Å². The van der Waals surface area contributed by atoms with E-state index in [1.54, 1.807) is 0 Å². The molecule has 1 aliphatic heterocycles. The topological polar surface area (TPSA) is 45.5 Å². The third kappa shape index (κ3) is 1.58. The number of fused-ring (bicyclic) bond motifs is 1. The quantitative estimate of drug-likeness (QED) is 0.862. The molecule has 0 saturated heterocycles. The number of hydrogen-bond acceptors (Lipinski definition) is 4. The summed E-state index contributed by atoms with van der Waals surface area (Å²) in [5.41, 5.74) is 4.82. The number of nitrogens with zero attached hydrogens (tertiary/aromatic N) is 1. The molecule has 4 nitrogen and oxygen atoms in total. The number of halogens is 1. The number of hydrazine groups is 1. The van der Waals surface area contributed by atoms with Gasteiger partial charge in [-0.1, -0.05) is 0 Å². The highest BCUT2D eigenvalue weighted by atomic mass is 79.9. The molecule has 0 saturated carbocycles. The molecule has 0 fully saturated rings. The lowest BCUT2D eigenvalue weighted by atomic mass is 10.1. The lowest BCUT2D eigenvalue weighted by molar-refractivity contribution is 0.223. The second-order valence-electron chi connectivity index (χ2n) is 4.36. The fourth-order valence-corrected chi connectivity index (χ4v) is 2.44. The zero-order chi connectivity index (χ0) is 12.0. The first kappa shape index (κ1) is 11.7. The van der Waals surface area contributed by atoms with Crippen LogP contribution in [0.1, 0.15) is 37.9 Å². The van der Waals surface area contributed by atoms with E-state index in [1.165, 1.54) is 0 Å². The molecule has 0 aliphatic carbocycles. The number of hydrogen-bond donors (Lipinski definition) is 1. The van der Waals surface area contributed by atoms with Crippen LogP contribution >= 0.6 is 15.9 Å². The van der Waals surface area contributed by atoms with Crippen LogP contribution in [0, 0.1) is 6.92 Å². The Morgan fingerprint density at radius 1 is 1.50 bits per heavy atom. The van der Waals surface area contributed by atoms with Gasteiger partial charge in [-0.25, -0.2) is 9.80 Å². The molecule has 0 radical (unpaired) electrons. The van der Waals surface area contributed by atoms with Gasteiger partial charge in [0, 0.05) is 11.6 Å². The Kier molecular flexibility index (Phi) is 2.84. The SMILES string of the molecule is Cc1c2c(oc(=O)c1Br)NN(C(C)C)C2C. The van der Waals surface area contributed by atoms with E-state index < -0.39 is 0 Å². The van der Waals surface area contributed by atoms with E-state index in [4.69, 9.17) is 4.42 Å². The van der Waals surface area contributed by atoms with E-state index in [2.05, 4.69) is 47.1 Å². The Hall–Kier alpha value is -0.810. The summed E-state index contributed by atoms with van der Waals surface area (Å²) in [6, 6.07) is 0.543. The maximum absolute atomic E-state index is 11.5. The molecule has 1 aromatic heterocycles. The van der Waals surface area contributed by atoms with E-state index in [-0.39, 0.29) is 11.7 Å². The molecule has 0 amide bonds. The Morgan fingerprint density at radius 3 is 2.69 bits per heavy atom. The molecule has 1 unspecified atom stereocenters.